The first-order chi connectivity index (χ1) is 8.22. The number of amides is 2. The molecule has 0 radical (unpaired) electrons. The highest BCUT2D eigenvalue weighted by Crippen LogP contribution is 2.20. The third-order valence-electron chi connectivity index (χ3n) is 2.67. The van der Waals surface area contributed by atoms with Crippen LogP contribution in [0.15, 0.2) is 35.5 Å². The highest BCUT2D eigenvalue weighted by atomic mass is 16.2. The molecular formula is C14H22N2O. The molecule has 0 spiro atoms. The number of nitrogens with zero attached hydrogens (tertiary/aromatic N) is 1. The van der Waals surface area contributed by atoms with E-state index in [1.54, 1.807) is 0 Å². The predicted molar refractivity (Wildman–Crippen MR) is 71.9 cm³/mol. The van der Waals surface area contributed by atoms with E-state index in [0.29, 0.717) is 19.6 Å². The Morgan fingerprint density at radius 2 is 1.94 bits per heavy atom. The summed E-state index contributed by atoms with van der Waals surface area (Å²) in [6.45, 7) is 8.15. The lowest BCUT2D eigenvalue weighted by Crippen LogP contribution is -2.38. The number of hydrogen-bond acceptors (Lipinski definition) is 1. The Hall–Kier alpha value is -1.51. The zero-order valence-corrected chi connectivity index (χ0v) is 11.0. The highest BCUT2D eigenvalue weighted by Gasteiger charge is 2.22. The molecule has 0 saturated heterocycles. The van der Waals surface area contributed by atoms with E-state index in [4.69, 9.17) is 0 Å². The largest absolute Gasteiger partial charge is 0.338 e. The van der Waals surface area contributed by atoms with Crippen molar-refractivity contribution in [2.24, 2.45) is 0 Å². The summed E-state index contributed by atoms with van der Waals surface area (Å²) in [5, 5.41) is 2.84. The van der Waals surface area contributed by atoms with Crippen molar-refractivity contribution in [3.8, 4) is 0 Å². The van der Waals surface area contributed by atoms with Gasteiger partial charge in [0.25, 0.3) is 0 Å². The van der Waals surface area contributed by atoms with Crippen LogP contribution in [0.25, 0.3) is 0 Å². The van der Waals surface area contributed by atoms with Crippen molar-refractivity contribution >= 4 is 6.03 Å². The van der Waals surface area contributed by atoms with E-state index in [9.17, 15) is 4.79 Å². The molecule has 1 aliphatic heterocycles. The second kappa shape index (κ2) is 6.94. The van der Waals surface area contributed by atoms with Crippen LogP contribution in [0.4, 0.5) is 4.79 Å². The Morgan fingerprint density at radius 3 is 2.47 bits per heavy atom. The fourth-order valence-electron chi connectivity index (χ4n) is 1.86. The van der Waals surface area contributed by atoms with Gasteiger partial charge in [0.2, 0.25) is 0 Å². The summed E-state index contributed by atoms with van der Waals surface area (Å²) in [4.78, 5) is 13.6. The van der Waals surface area contributed by atoms with Gasteiger partial charge in [0, 0.05) is 19.6 Å². The summed E-state index contributed by atoms with van der Waals surface area (Å²) >= 11 is 0. The molecule has 0 unspecified atom stereocenters. The average Bonchev–Trinajstić information content (AvgIpc) is 2.71. The standard InChI is InChI=1S/C14H22N2O/c1-4-7-9-13-11-16(14(17)15-6-3)10-12(13)8-5-2/h5,7-9H,4,6,10-11H2,1-3H3,(H,15,17)/b8-5-,9-7+. The summed E-state index contributed by atoms with van der Waals surface area (Å²) in [6.07, 6.45) is 9.41. The van der Waals surface area contributed by atoms with Gasteiger partial charge < -0.3 is 10.2 Å². The van der Waals surface area contributed by atoms with Crippen LogP contribution in [-0.2, 0) is 0 Å². The lowest BCUT2D eigenvalue weighted by molar-refractivity contribution is 0.210. The molecule has 1 rings (SSSR count). The second-order valence-electron chi connectivity index (χ2n) is 4.05. The maximum Gasteiger partial charge on any atom is 0.317 e. The van der Waals surface area contributed by atoms with Crippen LogP contribution in [0.2, 0.25) is 0 Å². The lowest BCUT2D eigenvalue weighted by atomic mass is 10.1. The van der Waals surface area contributed by atoms with Gasteiger partial charge in [-0.2, -0.15) is 0 Å². The van der Waals surface area contributed by atoms with Gasteiger partial charge in [0.05, 0.1) is 0 Å². The lowest BCUT2D eigenvalue weighted by Gasteiger charge is -2.16. The van der Waals surface area contributed by atoms with Crippen molar-refractivity contribution in [3.63, 3.8) is 0 Å². The minimum absolute atomic E-state index is 0.0226. The maximum absolute atomic E-state index is 11.8. The Bertz CT molecular complexity index is 353. The van der Waals surface area contributed by atoms with Gasteiger partial charge in [-0.3, -0.25) is 0 Å². The van der Waals surface area contributed by atoms with Crippen LogP contribution in [0.1, 0.15) is 27.2 Å². The van der Waals surface area contributed by atoms with Gasteiger partial charge in [0.15, 0.2) is 0 Å². The van der Waals surface area contributed by atoms with Crippen molar-refractivity contribution in [3.05, 3.63) is 35.5 Å². The Kier molecular flexibility index (Phi) is 5.53. The van der Waals surface area contributed by atoms with Gasteiger partial charge in [0.1, 0.15) is 0 Å². The molecule has 3 nitrogen and oxygen atoms in total. The van der Waals surface area contributed by atoms with E-state index in [2.05, 4.69) is 30.5 Å². The predicted octanol–water partition coefficient (Wildman–Crippen LogP) is 2.87. The monoisotopic (exact) mass is 234 g/mol. The maximum atomic E-state index is 11.8. The average molecular weight is 234 g/mol. The van der Waals surface area contributed by atoms with E-state index < -0.39 is 0 Å². The minimum Gasteiger partial charge on any atom is -0.338 e. The first kappa shape index (κ1) is 13.6. The summed E-state index contributed by atoms with van der Waals surface area (Å²) in [5.41, 5.74) is 2.49. The summed E-state index contributed by atoms with van der Waals surface area (Å²) in [7, 11) is 0. The molecule has 1 aliphatic rings. The number of hydrogen-bond donors (Lipinski definition) is 1. The SMILES string of the molecule is C/C=C\C1=C(/C=C/CC)CN(C(=O)NCC)C1. The van der Waals surface area contributed by atoms with Gasteiger partial charge >= 0.3 is 6.03 Å². The molecule has 3 heteroatoms. The summed E-state index contributed by atoms with van der Waals surface area (Å²) in [5.74, 6) is 0. The minimum atomic E-state index is 0.0226. The Labute approximate surface area is 104 Å². The van der Waals surface area contributed by atoms with Gasteiger partial charge in [-0.1, -0.05) is 31.2 Å². The molecule has 0 aromatic heterocycles. The van der Waals surface area contributed by atoms with Crippen LogP contribution in [0, 0.1) is 0 Å². The third-order valence-corrected chi connectivity index (χ3v) is 2.67. The van der Waals surface area contributed by atoms with Crippen LogP contribution >= 0.6 is 0 Å². The smallest absolute Gasteiger partial charge is 0.317 e. The summed E-state index contributed by atoms with van der Waals surface area (Å²) < 4.78 is 0. The van der Waals surface area contributed by atoms with Crippen molar-refractivity contribution < 1.29 is 4.79 Å². The number of carbonyl (C=O) groups is 1. The van der Waals surface area contributed by atoms with Crippen LogP contribution in [0.3, 0.4) is 0 Å². The molecule has 17 heavy (non-hydrogen) atoms. The molecule has 0 atom stereocenters. The number of urea groups is 1. The topological polar surface area (TPSA) is 32.3 Å². The second-order valence-corrected chi connectivity index (χ2v) is 4.05. The quantitative estimate of drug-likeness (QED) is 0.797. The van der Waals surface area contributed by atoms with E-state index in [1.807, 2.05) is 24.8 Å². The molecule has 0 bridgehead atoms. The van der Waals surface area contributed by atoms with Gasteiger partial charge in [-0.25, -0.2) is 4.79 Å². The molecule has 0 saturated carbocycles. The van der Waals surface area contributed by atoms with Crippen molar-refractivity contribution in [2.45, 2.75) is 27.2 Å². The molecule has 2 amide bonds. The van der Waals surface area contributed by atoms with Crippen molar-refractivity contribution in [1.29, 1.82) is 0 Å². The molecule has 94 valence electrons. The molecule has 1 heterocycles. The Balaban J connectivity index is 2.74. The molecule has 0 aromatic carbocycles. The normalized spacial score (nSPS) is 16.5. The van der Waals surface area contributed by atoms with Crippen molar-refractivity contribution in [2.75, 3.05) is 19.6 Å². The first-order valence-electron chi connectivity index (χ1n) is 6.26. The first-order valence-corrected chi connectivity index (χ1v) is 6.26. The van der Waals surface area contributed by atoms with E-state index >= 15 is 0 Å². The fraction of sp³-hybridized carbons (Fsp3) is 0.500. The fourth-order valence-corrected chi connectivity index (χ4v) is 1.86. The van der Waals surface area contributed by atoms with E-state index in [1.165, 1.54) is 11.1 Å². The third kappa shape index (κ3) is 3.77. The Morgan fingerprint density at radius 1 is 1.29 bits per heavy atom. The van der Waals surface area contributed by atoms with Crippen LogP contribution in [0.5, 0.6) is 0 Å². The summed E-state index contributed by atoms with van der Waals surface area (Å²) in [6, 6.07) is 0.0226. The number of allylic oxidation sites excluding steroid dienone is 2. The zero-order valence-electron chi connectivity index (χ0n) is 11.0. The van der Waals surface area contributed by atoms with Gasteiger partial charge in [-0.15, -0.1) is 0 Å². The van der Waals surface area contributed by atoms with Crippen LogP contribution < -0.4 is 5.32 Å². The van der Waals surface area contributed by atoms with E-state index in [0.717, 1.165) is 6.42 Å². The zero-order chi connectivity index (χ0) is 12.7. The highest BCUT2D eigenvalue weighted by molar-refractivity contribution is 5.76. The number of rotatable bonds is 4. The number of carbonyl (C=O) groups excluding carboxylic acids is 1. The van der Waals surface area contributed by atoms with E-state index in [-0.39, 0.29) is 6.03 Å². The van der Waals surface area contributed by atoms with Crippen molar-refractivity contribution in [1.82, 2.24) is 10.2 Å². The molecule has 0 aromatic rings. The van der Waals surface area contributed by atoms with Gasteiger partial charge in [-0.05, 0) is 31.4 Å². The molecule has 1 N–H and O–H groups in total. The molecular weight excluding hydrogens is 212 g/mol. The number of nitrogens with one attached hydrogen (secondary N) is 1. The molecule has 0 fully saturated rings. The van der Waals surface area contributed by atoms with Crippen LogP contribution in [-0.4, -0.2) is 30.6 Å². The molecule has 0 aliphatic carbocycles.